The van der Waals surface area contributed by atoms with Gasteiger partial charge < -0.3 is 29.6 Å². The summed E-state index contributed by atoms with van der Waals surface area (Å²) in [5.41, 5.74) is 1.59. The van der Waals surface area contributed by atoms with Crippen molar-refractivity contribution < 1.29 is 24.3 Å². The van der Waals surface area contributed by atoms with Crippen LogP contribution in [0.4, 0.5) is 10.6 Å². The third kappa shape index (κ3) is 6.33. The van der Waals surface area contributed by atoms with Crippen LogP contribution in [0.15, 0.2) is 24.4 Å². The number of hydrogen-bond acceptors (Lipinski definition) is 7. The maximum absolute atomic E-state index is 12.3. The number of carbonyl (C=O) groups is 1. The van der Waals surface area contributed by atoms with E-state index in [2.05, 4.69) is 4.98 Å². The van der Waals surface area contributed by atoms with Crippen molar-refractivity contribution >= 4 is 23.5 Å². The molecule has 0 aliphatic carbocycles. The van der Waals surface area contributed by atoms with E-state index < -0.39 is 16.6 Å². The van der Waals surface area contributed by atoms with Crippen molar-refractivity contribution in [1.82, 2.24) is 14.5 Å². The van der Waals surface area contributed by atoms with Crippen molar-refractivity contribution in [3.8, 4) is 5.75 Å². The highest BCUT2D eigenvalue weighted by Gasteiger charge is 2.26. The smallest absolute Gasteiger partial charge is 0.410 e. The minimum absolute atomic E-state index is 0.0000637. The fourth-order valence-corrected chi connectivity index (χ4v) is 3.51. The summed E-state index contributed by atoms with van der Waals surface area (Å²) in [6, 6.07) is 5.64. The van der Waals surface area contributed by atoms with Crippen LogP contribution in [0.25, 0.3) is 0 Å². The van der Waals surface area contributed by atoms with Crippen molar-refractivity contribution in [2.75, 3.05) is 13.2 Å². The van der Waals surface area contributed by atoms with E-state index in [4.69, 9.17) is 21.1 Å². The van der Waals surface area contributed by atoms with Gasteiger partial charge in [0.25, 0.3) is 0 Å². The highest BCUT2D eigenvalue weighted by Crippen LogP contribution is 2.25. The Morgan fingerprint density at radius 1 is 1.38 bits per heavy atom. The first-order valence-electron chi connectivity index (χ1n) is 10.3. The number of aliphatic hydroxyl groups excluding tert-OH is 1. The Bertz CT molecular complexity index is 987. The molecule has 3 rings (SSSR count). The first kappa shape index (κ1) is 23.8. The lowest BCUT2D eigenvalue weighted by molar-refractivity contribution is -0.389. The Labute approximate surface area is 190 Å². The predicted molar refractivity (Wildman–Crippen MR) is 117 cm³/mol. The van der Waals surface area contributed by atoms with Gasteiger partial charge >= 0.3 is 17.2 Å². The molecule has 32 heavy (non-hydrogen) atoms. The Morgan fingerprint density at radius 2 is 2.12 bits per heavy atom. The van der Waals surface area contributed by atoms with Gasteiger partial charge in [-0.05, 0) is 78.4 Å². The van der Waals surface area contributed by atoms with E-state index in [1.165, 1.54) is 10.8 Å². The average Bonchev–Trinajstić information content (AvgIpc) is 3.10. The number of aliphatic hydroxyl groups is 1. The third-order valence-electron chi connectivity index (χ3n) is 4.89. The molecule has 0 bridgehead atoms. The van der Waals surface area contributed by atoms with Crippen LogP contribution in [0.2, 0.25) is 5.28 Å². The Morgan fingerprint density at radius 3 is 2.78 bits per heavy atom. The molecule has 11 heteroatoms. The van der Waals surface area contributed by atoms with Gasteiger partial charge in [0.1, 0.15) is 24.2 Å². The number of ether oxygens (including phenoxy) is 2. The fraction of sp³-hybridized carbons (Fsp3) is 0.524. The Hall–Kier alpha value is -2.85. The van der Waals surface area contributed by atoms with Crippen LogP contribution in [0.5, 0.6) is 5.75 Å². The molecule has 2 heterocycles. The highest BCUT2D eigenvalue weighted by molar-refractivity contribution is 6.28. The number of nitrogens with zero attached hydrogens (tertiary/aromatic N) is 4. The normalized spacial score (nSPS) is 14.6. The number of benzene rings is 1. The van der Waals surface area contributed by atoms with Crippen LogP contribution in [0.1, 0.15) is 38.3 Å². The number of halogens is 1. The van der Waals surface area contributed by atoms with Crippen LogP contribution in [-0.2, 0) is 24.2 Å². The molecule has 1 atom stereocenters. The minimum Gasteiger partial charge on any atom is -0.491 e. The van der Waals surface area contributed by atoms with Gasteiger partial charge in [0.15, 0.2) is 0 Å². The second kappa shape index (κ2) is 9.74. The summed E-state index contributed by atoms with van der Waals surface area (Å²) < 4.78 is 12.6. The fourth-order valence-electron chi connectivity index (χ4n) is 3.29. The molecule has 10 nitrogen and oxygen atoms in total. The monoisotopic (exact) mass is 466 g/mol. The Balaban J connectivity index is 1.50. The number of imidazole rings is 1. The zero-order valence-electron chi connectivity index (χ0n) is 18.3. The number of rotatable bonds is 7. The van der Waals surface area contributed by atoms with Crippen LogP contribution < -0.4 is 4.74 Å². The summed E-state index contributed by atoms with van der Waals surface area (Å²) in [6.07, 6.45) is 1.11. The molecule has 174 valence electrons. The lowest BCUT2D eigenvalue weighted by Gasteiger charge is -2.31. The number of aryl methyl sites for hydroxylation is 1. The zero-order chi connectivity index (χ0) is 23.5. The van der Waals surface area contributed by atoms with Gasteiger partial charge in [0, 0.05) is 19.6 Å². The van der Waals surface area contributed by atoms with Crippen molar-refractivity contribution in [2.24, 2.45) is 0 Å². The topological polar surface area (TPSA) is 120 Å². The number of aromatic nitrogens is 2. The SMILES string of the molecule is CC(C)(C)OC(=O)N1CCc2cc(OC[C@@H](O)CCn3cc([N+](=O)[O-])nc3Cl)ccc2C1. The van der Waals surface area contributed by atoms with Crippen molar-refractivity contribution in [3.63, 3.8) is 0 Å². The lowest BCUT2D eigenvalue weighted by atomic mass is 10.00. The van der Waals surface area contributed by atoms with Crippen LogP contribution in [0, 0.1) is 10.1 Å². The van der Waals surface area contributed by atoms with Crippen LogP contribution >= 0.6 is 11.6 Å². The summed E-state index contributed by atoms with van der Waals surface area (Å²) in [6.45, 7) is 6.90. The number of carbonyl (C=O) groups excluding carboxylic acids is 1. The van der Waals surface area contributed by atoms with Gasteiger partial charge in [-0.1, -0.05) is 6.07 Å². The van der Waals surface area contributed by atoms with Crippen molar-refractivity contribution in [1.29, 1.82) is 0 Å². The molecule has 0 unspecified atom stereocenters. The maximum atomic E-state index is 12.3. The summed E-state index contributed by atoms with van der Waals surface area (Å²) in [7, 11) is 0. The molecule has 1 amide bonds. The van der Waals surface area contributed by atoms with E-state index in [0.717, 1.165) is 11.1 Å². The van der Waals surface area contributed by atoms with Gasteiger partial charge in [-0.15, -0.1) is 0 Å². The van der Waals surface area contributed by atoms with Gasteiger partial charge in [-0.2, -0.15) is 0 Å². The average molecular weight is 467 g/mol. The predicted octanol–water partition coefficient (Wildman–Crippen LogP) is 3.57. The van der Waals surface area contributed by atoms with E-state index in [0.29, 0.717) is 31.7 Å². The number of fused-ring (bicyclic) bond motifs is 1. The van der Waals surface area contributed by atoms with Gasteiger partial charge in [0.2, 0.25) is 0 Å². The molecule has 0 saturated carbocycles. The van der Waals surface area contributed by atoms with Gasteiger partial charge in [-0.25, -0.2) is 4.79 Å². The second-order valence-electron chi connectivity index (χ2n) is 8.65. The second-order valence-corrected chi connectivity index (χ2v) is 8.99. The first-order valence-corrected chi connectivity index (χ1v) is 10.7. The minimum atomic E-state index is -0.786. The van der Waals surface area contributed by atoms with E-state index >= 15 is 0 Å². The van der Waals surface area contributed by atoms with Crippen LogP contribution in [-0.4, -0.2) is 55.4 Å². The lowest BCUT2D eigenvalue weighted by Crippen LogP contribution is -2.39. The van der Waals surface area contributed by atoms with E-state index in [1.54, 1.807) is 11.0 Å². The molecule has 1 aromatic carbocycles. The summed E-state index contributed by atoms with van der Waals surface area (Å²) >= 11 is 5.88. The van der Waals surface area contributed by atoms with Crippen molar-refractivity contribution in [3.05, 3.63) is 50.9 Å². The Kier molecular flexibility index (Phi) is 7.25. The molecule has 1 aromatic heterocycles. The highest BCUT2D eigenvalue weighted by atomic mass is 35.5. The maximum Gasteiger partial charge on any atom is 0.410 e. The summed E-state index contributed by atoms with van der Waals surface area (Å²) in [4.78, 5) is 27.7. The molecule has 1 aliphatic rings. The molecule has 1 N–H and O–H groups in total. The third-order valence-corrected chi connectivity index (χ3v) is 5.19. The molecule has 0 saturated heterocycles. The molecule has 0 spiro atoms. The first-order chi connectivity index (χ1) is 15.0. The molecule has 2 aromatic rings. The number of amides is 1. The quantitative estimate of drug-likeness (QED) is 0.489. The van der Waals surface area contributed by atoms with Gasteiger partial charge in [-0.3, -0.25) is 4.57 Å². The molecular formula is C21H27ClN4O6. The zero-order valence-corrected chi connectivity index (χ0v) is 19.0. The number of hydrogen-bond donors (Lipinski definition) is 1. The van der Waals surface area contributed by atoms with Gasteiger partial charge in [0.05, 0.1) is 6.10 Å². The standard InChI is InChI=1S/C21H27ClN4O6/c1-21(2,3)32-20(28)25-8-6-14-10-17(5-4-15(14)11-25)31-13-16(27)7-9-24-12-18(26(29)30)23-19(24)22/h4-5,10,12,16,27H,6-9,11,13H2,1-3H3/t16-/m0/s1. The number of nitro groups is 1. The molecule has 0 radical (unpaired) electrons. The molecule has 0 fully saturated rings. The molecular weight excluding hydrogens is 440 g/mol. The van der Waals surface area contributed by atoms with Crippen molar-refractivity contribution in [2.45, 2.75) is 58.4 Å². The van der Waals surface area contributed by atoms with E-state index in [1.807, 2.05) is 32.9 Å². The van der Waals surface area contributed by atoms with E-state index in [-0.39, 0.29) is 30.3 Å². The van der Waals surface area contributed by atoms with Crippen LogP contribution in [0.3, 0.4) is 0 Å². The summed E-state index contributed by atoms with van der Waals surface area (Å²) in [5.74, 6) is 0.296. The largest absolute Gasteiger partial charge is 0.491 e. The molecule has 1 aliphatic heterocycles. The summed E-state index contributed by atoms with van der Waals surface area (Å²) in [5, 5.41) is 21.0. The van der Waals surface area contributed by atoms with E-state index in [9.17, 15) is 20.0 Å².